The molecule has 0 aromatic rings. The van der Waals surface area contributed by atoms with Crippen molar-refractivity contribution in [1.82, 2.24) is 0 Å². The topological polar surface area (TPSA) is 108 Å². The summed E-state index contributed by atoms with van der Waals surface area (Å²) in [7, 11) is 1.41. The number of unbranched alkanes of at least 4 members (excludes halogenated alkanes) is 10. The highest BCUT2D eigenvalue weighted by Crippen LogP contribution is 2.43. The number of phosphoric ester groups is 1. The molecule has 0 rings (SSSR count). The predicted octanol–water partition coefficient (Wildman–Crippen LogP) is 13.4. The molecule has 0 aliphatic heterocycles. The third kappa shape index (κ3) is 44.5. The van der Waals surface area contributed by atoms with Crippen molar-refractivity contribution in [1.29, 1.82) is 0 Å². The van der Waals surface area contributed by atoms with E-state index in [9.17, 15) is 19.0 Å². The fraction of sp³-hybridized carbons (Fsp3) is 0.640. The predicted molar refractivity (Wildman–Crippen MR) is 252 cm³/mol. The molecule has 0 aromatic carbocycles. The van der Waals surface area contributed by atoms with Gasteiger partial charge in [0.25, 0.3) is 0 Å². The van der Waals surface area contributed by atoms with Gasteiger partial charge in [-0.05, 0) is 89.9 Å². The summed E-state index contributed by atoms with van der Waals surface area (Å²) < 4.78 is 34.2. The molecule has 0 bridgehead atoms. The second-order valence-electron chi connectivity index (χ2n) is 16.0. The minimum Gasteiger partial charge on any atom is -0.462 e. The van der Waals surface area contributed by atoms with Crippen molar-refractivity contribution in [3.05, 3.63) is 97.2 Å². The van der Waals surface area contributed by atoms with Crippen molar-refractivity contribution in [2.75, 3.05) is 47.5 Å². The lowest BCUT2D eigenvalue weighted by molar-refractivity contribution is -0.870. The maximum absolute atomic E-state index is 12.7. The van der Waals surface area contributed by atoms with Gasteiger partial charge in [-0.2, -0.15) is 0 Å². The smallest absolute Gasteiger partial charge is 0.462 e. The summed E-state index contributed by atoms with van der Waals surface area (Å²) in [4.78, 5) is 35.4. The van der Waals surface area contributed by atoms with Crippen LogP contribution in [0.1, 0.15) is 155 Å². The number of carbonyl (C=O) groups excluding carboxylic acids is 2. The Labute approximate surface area is 366 Å². The number of hydrogen-bond acceptors (Lipinski definition) is 7. The molecule has 0 saturated carbocycles. The number of allylic oxidation sites excluding steroid dienone is 16. The monoisotopic (exact) mass is 859 g/mol. The number of quaternary nitrogens is 1. The lowest BCUT2D eigenvalue weighted by Gasteiger charge is -2.24. The van der Waals surface area contributed by atoms with Crippen molar-refractivity contribution in [3.63, 3.8) is 0 Å². The number of nitrogens with zero attached hydrogens (tertiary/aromatic N) is 1. The van der Waals surface area contributed by atoms with Crippen LogP contribution in [0.5, 0.6) is 0 Å². The zero-order chi connectivity index (χ0) is 44.3. The minimum atomic E-state index is -4.40. The minimum absolute atomic E-state index is 0.0114. The van der Waals surface area contributed by atoms with E-state index in [0.29, 0.717) is 30.3 Å². The van der Waals surface area contributed by atoms with E-state index in [4.69, 9.17) is 18.5 Å². The van der Waals surface area contributed by atoms with E-state index in [1.807, 2.05) is 27.2 Å². The molecule has 1 N–H and O–H groups in total. The molecule has 60 heavy (non-hydrogen) atoms. The number of phosphoric acid groups is 1. The summed E-state index contributed by atoms with van der Waals surface area (Å²) in [6, 6.07) is 0. The lowest BCUT2D eigenvalue weighted by Crippen LogP contribution is -2.37. The molecular weight excluding hydrogens is 774 g/mol. The molecule has 342 valence electrons. The van der Waals surface area contributed by atoms with Gasteiger partial charge in [0.15, 0.2) is 6.10 Å². The van der Waals surface area contributed by atoms with Crippen LogP contribution in [-0.2, 0) is 32.7 Å². The van der Waals surface area contributed by atoms with Crippen molar-refractivity contribution < 1.29 is 42.1 Å². The molecule has 1 unspecified atom stereocenters. The molecule has 0 fully saturated rings. The fourth-order valence-electron chi connectivity index (χ4n) is 5.53. The van der Waals surface area contributed by atoms with Crippen molar-refractivity contribution in [3.8, 4) is 0 Å². The van der Waals surface area contributed by atoms with Crippen LogP contribution in [0, 0.1) is 0 Å². The van der Waals surface area contributed by atoms with Gasteiger partial charge < -0.3 is 18.9 Å². The molecule has 0 saturated heterocycles. The van der Waals surface area contributed by atoms with Crippen LogP contribution in [0.3, 0.4) is 0 Å². The Bertz CT molecular complexity index is 1340. The van der Waals surface area contributed by atoms with E-state index in [2.05, 4.69) is 105 Å². The van der Waals surface area contributed by atoms with E-state index in [1.54, 1.807) is 0 Å². The second-order valence-corrected chi connectivity index (χ2v) is 17.5. The fourth-order valence-corrected chi connectivity index (χ4v) is 6.27. The van der Waals surface area contributed by atoms with Gasteiger partial charge in [-0.3, -0.25) is 18.6 Å². The Hall–Kier alpha value is -3.07. The van der Waals surface area contributed by atoms with Crippen LogP contribution in [0.25, 0.3) is 0 Å². The maximum atomic E-state index is 12.7. The van der Waals surface area contributed by atoms with E-state index in [1.165, 1.54) is 38.5 Å². The summed E-state index contributed by atoms with van der Waals surface area (Å²) >= 11 is 0. The summed E-state index contributed by atoms with van der Waals surface area (Å²) in [6.45, 7) is 4.18. The van der Waals surface area contributed by atoms with Crippen molar-refractivity contribution >= 4 is 19.8 Å². The van der Waals surface area contributed by atoms with E-state index < -0.39 is 32.5 Å². The highest BCUT2D eigenvalue weighted by Gasteiger charge is 2.27. The third-order valence-corrected chi connectivity index (χ3v) is 10.1. The molecule has 2 atom stereocenters. The molecule has 0 radical (unpaired) electrons. The van der Waals surface area contributed by atoms with Gasteiger partial charge in [0, 0.05) is 12.8 Å². The Morgan fingerprint density at radius 1 is 0.533 bits per heavy atom. The van der Waals surface area contributed by atoms with Crippen molar-refractivity contribution in [2.45, 2.75) is 161 Å². The van der Waals surface area contributed by atoms with E-state index >= 15 is 0 Å². The van der Waals surface area contributed by atoms with Crippen LogP contribution in [0.2, 0.25) is 0 Å². The normalized spacial score (nSPS) is 14.4. The Kier molecular flexibility index (Phi) is 39.2. The van der Waals surface area contributed by atoms with Gasteiger partial charge in [-0.25, -0.2) is 4.57 Å². The molecular formula is C50H85NO8P+. The number of rotatable bonds is 40. The molecule has 0 spiro atoms. The Morgan fingerprint density at radius 2 is 0.967 bits per heavy atom. The molecule has 0 amide bonds. The molecule has 9 nitrogen and oxygen atoms in total. The van der Waals surface area contributed by atoms with Crippen LogP contribution >= 0.6 is 7.82 Å². The van der Waals surface area contributed by atoms with Gasteiger partial charge in [0.1, 0.15) is 19.8 Å². The highest BCUT2D eigenvalue weighted by molar-refractivity contribution is 7.47. The summed E-state index contributed by atoms with van der Waals surface area (Å²) in [6.07, 6.45) is 54.7. The Morgan fingerprint density at radius 3 is 1.47 bits per heavy atom. The van der Waals surface area contributed by atoms with E-state index in [-0.39, 0.29) is 26.1 Å². The number of esters is 2. The number of likely N-dealkylation sites (N-methyl/N-ethyl adjacent to an activating group) is 1. The molecule has 0 aliphatic carbocycles. The summed E-state index contributed by atoms with van der Waals surface area (Å²) in [5, 5.41) is 0. The zero-order valence-corrected chi connectivity index (χ0v) is 39.3. The summed E-state index contributed by atoms with van der Waals surface area (Å²) in [5.41, 5.74) is 0. The summed E-state index contributed by atoms with van der Waals surface area (Å²) in [5.74, 6) is -0.907. The van der Waals surface area contributed by atoms with Crippen LogP contribution < -0.4 is 0 Å². The number of ether oxygens (including phenoxy) is 2. The maximum Gasteiger partial charge on any atom is 0.472 e. The first-order valence-corrected chi connectivity index (χ1v) is 24.5. The quantitative estimate of drug-likeness (QED) is 0.0213. The largest absolute Gasteiger partial charge is 0.472 e. The first-order chi connectivity index (χ1) is 29.0. The van der Waals surface area contributed by atoms with Crippen LogP contribution in [0.4, 0.5) is 0 Å². The molecule has 10 heteroatoms. The van der Waals surface area contributed by atoms with Crippen molar-refractivity contribution in [2.24, 2.45) is 0 Å². The van der Waals surface area contributed by atoms with Gasteiger partial charge in [0.05, 0.1) is 27.7 Å². The van der Waals surface area contributed by atoms with Crippen LogP contribution in [-0.4, -0.2) is 74.9 Å². The lowest BCUT2D eigenvalue weighted by atomic mass is 10.1. The van der Waals surface area contributed by atoms with E-state index in [0.717, 1.165) is 70.6 Å². The average Bonchev–Trinajstić information content (AvgIpc) is 3.20. The molecule has 0 heterocycles. The van der Waals surface area contributed by atoms with Gasteiger partial charge in [-0.1, -0.05) is 150 Å². The first kappa shape index (κ1) is 56.9. The van der Waals surface area contributed by atoms with Gasteiger partial charge in [-0.15, -0.1) is 0 Å². The van der Waals surface area contributed by atoms with Crippen LogP contribution in [0.15, 0.2) is 97.2 Å². The third-order valence-electron chi connectivity index (χ3n) is 9.10. The Balaban J connectivity index is 4.50. The van der Waals surface area contributed by atoms with Gasteiger partial charge in [0.2, 0.25) is 0 Å². The molecule has 0 aromatic heterocycles. The number of hydrogen-bond donors (Lipinski definition) is 1. The number of carbonyl (C=O) groups is 2. The average molecular weight is 859 g/mol. The standard InChI is InChI=1S/C50H84NO8P/c1-6-8-10-12-14-16-18-20-22-24-25-27-28-30-32-34-36-38-40-42-49(52)56-46-48(47-58-60(54,55)57-45-44-51(3,4)5)59-50(53)43-41-39-37-35-33-31-29-26-23-21-19-17-15-13-11-9-7-2/h8,10,14,16,20-23,25,27,29-32,35,37,48H,6-7,9,11-13,15,17-19,24,26,28,33-34,36,38-47H2,1-5H3/p+1/b10-8+,16-14+,22-20+,23-21+,27-25+,31-29+,32-30+,37-35+/t48-/m1/s1. The molecule has 0 aliphatic rings. The zero-order valence-electron chi connectivity index (χ0n) is 38.4. The SMILES string of the molecule is CC/C=C/C/C=C/C/C=C/C/C=C/C/C=C/CCCCCC(=O)OC[C@H](COP(=O)(O)OCC[N+](C)(C)C)OC(=O)CCC/C=C/C/C=C/C/C=C/CCCCCCCC. The second kappa shape index (κ2) is 41.3. The highest BCUT2D eigenvalue weighted by atomic mass is 31.2. The van der Waals surface area contributed by atoms with Gasteiger partial charge >= 0.3 is 19.8 Å². The first-order valence-electron chi connectivity index (χ1n) is 23.0.